The number of nitrogens with two attached hydrogens (primary N) is 1. The van der Waals surface area contributed by atoms with Gasteiger partial charge in [0.1, 0.15) is 0 Å². The minimum Gasteiger partial charge on any atom is -0.398 e. The van der Waals surface area contributed by atoms with Gasteiger partial charge in [-0.05, 0) is 30.9 Å². The van der Waals surface area contributed by atoms with Crippen molar-refractivity contribution in [2.45, 2.75) is 32.1 Å². The van der Waals surface area contributed by atoms with Gasteiger partial charge in [-0.2, -0.15) is 0 Å². The number of aromatic nitrogens is 1. The zero-order valence-electron chi connectivity index (χ0n) is 9.53. The lowest BCUT2D eigenvalue weighted by Gasteiger charge is -2.11. The molecule has 2 heteroatoms. The highest BCUT2D eigenvalue weighted by Crippen LogP contribution is 2.39. The Kier molecular flexibility index (Phi) is 2.10. The lowest BCUT2D eigenvalue weighted by molar-refractivity contribution is 0.644. The first-order chi connectivity index (χ1) is 7.81. The fourth-order valence-electron chi connectivity index (χ4n) is 2.75. The van der Waals surface area contributed by atoms with Crippen molar-refractivity contribution < 1.29 is 0 Å². The molecule has 3 rings (SSSR count). The summed E-state index contributed by atoms with van der Waals surface area (Å²) in [6.45, 7) is 2.23. The summed E-state index contributed by atoms with van der Waals surface area (Å²) in [5.74, 6) is 0.613. The smallest absolute Gasteiger partial charge is 0.0726 e. The van der Waals surface area contributed by atoms with E-state index in [9.17, 15) is 0 Å². The Balaban J connectivity index is 2.32. The van der Waals surface area contributed by atoms with Crippen LogP contribution < -0.4 is 5.73 Å². The standard InChI is InChI=1S/C14H16N2/c1-2-9-7-8-11-13(15)10-5-3-4-6-12(10)16-14(9)11/h3-6,9H,2,7-8H2,1H3,(H2,15,16). The molecule has 0 saturated heterocycles. The summed E-state index contributed by atoms with van der Waals surface area (Å²) in [6, 6.07) is 8.17. The van der Waals surface area contributed by atoms with Crippen molar-refractivity contribution in [3.8, 4) is 0 Å². The highest BCUT2D eigenvalue weighted by Gasteiger charge is 2.25. The van der Waals surface area contributed by atoms with Gasteiger partial charge in [0.2, 0.25) is 0 Å². The molecular formula is C14H16N2. The number of fused-ring (bicyclic) bond motifs is 2. The van der Waals surface area contributed by atoms with E-state index in [1.807, 2.05) is 12.1 Å². The summed E-state index contributed by atoms with van der Waals surface area (Å²) < 4.78 is 0. The van der Waals surface area contributed by atoms with Crippen LogP contribution in [-0.4, -0.2) is 4.98 Å². The maximum absolute atomic E-state index is 6.25. The van der Waals surface area contributed by atoms with Crippen LogP contribution in [0.4, 0.5) is 5.69 Å². The van der Waals surface area contributed by atoms with Gasteiger partial charge in [-0.25, -0.2) is 0 Å². The van der Waals surface area contributed by atoms with Gasteiger partial charge in [0, 0.05) is 22.7 Å². The first kappa shape index (κ1) is 9.64. The number of hydrogen-bond donors (Lipinski definition) is 1. The minimum absolute atomic E-state index is 0.613. The number of nitrogen functional groups attached to an aromatic ring is 1. The molecule has 0 aliphatic heterocycles. The van der Waals surface area contributed by atoms with Gasteiger partial charge in [0.25, 0.3) is 0 Å². The molecule has 1 aliphatic rings. The number of pyridine rings is 1. The third kappa shape index (κ3) is 1.22. The highest BCUT2D eigenvalue weighted by atomic mass is 14.8. The highest BCUT2D eigenvalue weighted by molar-refractivity contribution is 5.92. The van der Waals surface area contributed by atoms with Gasteiger partial charge in [0.15, 0.2) is 0 Å². The summed E-state index contributed by atoms with van der Waals surface area (Å²) in [6.07, 6.45) is 3.47. The predicted molar refractivity (Wildman–Crippen MR) is 67.5 cm³/mol. The normalized spacial score (nSPS) is 18.9. The molecule has 1 unspecified atom stereocenters. The third-order valence-electron chi connectivity index (χ3n) is 3.69. The summed E-state index contributed by atoms with van der Waals surface area (Å²) in [5, 5.41) is 1.11. The number of benzene rings is 1. The van der Waals surface area contributed by atoms with Gasteiger partial charge >= 0.3 is 0 Å². The Bertz CT molecular complexity index is 546. The maximum atomic E-state index is 6.25. The molecule has 2 nitrogen and oxygen atoms in total. The molecule has 0 bridgehead atoms. The first-order valence-electron chi connectivity index (χ1n) is 5.98. The zero-order chi connectivity index (χ0) is 11.1. The van der Waals surface area contributed by atoms with Crippen LogP contribution in [0.3, 0.4) is 0 Å². The SMILES string of the molecule is CCC1CCc2c1nc1ccccc1c2N. The molecular weight excluding hydrogens is 196 g/mol. The number of hydrogen-bond acceptors (Lipinski definition) is 2. The van der Waals surface area contributed by atoms with E-state index < -0.39 is 0 Å². The van der Waals surface area contributed by atoms with Crippen LogP contribution in [-0.2, 0) is 6.42 Å². The van der Waals surface area contributed by atoms with Crippen molar-refractivity contribution in [1.29, 1.82) is 0 Å². The van der Waals surface area contributed by atoms with E-state index in [0.717, 1.165) is 29.4 Å². The second kappa shape index (κ2) is 3.48. The molecule has 2 aromatic rings. The topological polar surface area (TPSA) is 38.9 Å². The van der Waals surface area contributed by atoms with Gasteiger partial charge in [-0.3, -0.25) is 4.98 Å². The van der Waals surface area contributed by atoms with Crippen molar-refractivity contribution in [2.75, 3.05) is 5.73 Å². The largest absolute Gasteiger partial charge is 0.398 e. The fraction of sp³-hybridized carbons (Fsp3) is 0.357. The maximum Gasteiger partial charge on any atom is 0.0726 e. The van der Waals surface area contributed by atoms with Crippen molar-refractivity contribution in [2.24, 2.45) is 0 Å². The van der Waals surface area contributed by atoms with E-state index >= 15 is 0 Å². The molecule has 0 spiro atoms. The van der Waals surface area contributed by atoms with Crippen molar-refractivity contribution >= 4 is 16.6 Å². The molecule has 1 aliphatic carbocycles. The summed E-state index contributed by atoms with van der Waals surface area (Å²) in [4.78, 5) is 4.79. The number of para-hydroxylation sites is 1. The van der Waals surface area contributed by atoms with E-state index in [1.165, 1.54) is 17.7 Å². The van der Waals surface area contributed by atoms with Crippen LogP contribution in [0.2, 0.25) is 0 Å². The Morgan fingerprint density at radius 1 is 1.38 bits per heavy atom. The third-order valence-corrected chi connectivity index (χ3v) is 3.69. The first-order valence-corrected chi connectivity index (χ1v) is 5.98. The van der Waals surface area contributed by atoms with E-state index in [-0.39, 0.29) is 0 Å². The minimum atomic E-state index is 0.613. The van der Waals surface area contributed by atoms with E-state index in [4.69, 9.17) is 10.7 Å². The second-order valence-electron chi connectivity index (χ2n) is 4.55. The lowest BCUT2D eigenvalue weighted by atomic mass is 10.0. The van der Waals surface area contributed by atoms with E-state index in [2.05, 4.69) is 19.1 Å². The Morgan fingerprint density at radius 2 is 2.19 bits per heavy atom. The van der Waals surface area contributed by atoms with Gasteiger partial charge < -0.3 is 5.73 Å². The number of nitrogens with zero attached hydrogens (tertiary/aromatic N) is 1. The molecule has 0 fully saturated rings. The zero-order valence-corrected chi connectivity index (χ0v) is 9.53. The van der Waals surface area contributed by atoms with Gasteiger partial charge in [-0.15, -0.1) is 0 Å². The molecule has 1 heterocycles. The Hall–Kier alpha value is -1.57. The summed E-state index contributed by atoms with van der Waals surface area (Å²) in [7, 11) is 0. The van der Waals surface area contributed by atoms with Crippen molar-refractivity contribution in [3.05, 3.63) is 35.5 Å². The van der Waals surface area contributed by atoms with Crippen LogP contribution in [0.1, 0.15) is 36.9 Å². The van der Waals surface area contributed by atoms with Crippen LogP contribution in [0.25, 0.3) is 10.9 Å². The van der Waals surface area contributed by atoms with E-state index in [1.54, 1.807) is 0 Å². The van der Waals surface area contributed by atoms with Crippen molar-refractivity contribution in [3.63, 3.8) is 0 Å². The summed E-state index contributed by atoms with van der Waals surface area (Å²) >= 11 is 0. The molecule has 16 heavy (non-hydrogen) atoms. The molecule has 1 atom stereocenters. The average molecular weight is 212 g/mol. The molecule has 1 aromatic heterocycles. The molecule has 0 saturated carbocycles. The molecule has 0 radical (unpaired) electrons. The molecule has 0 amide bonds. The monoisotopic (exact) mass is 212 g/mol. The molecule has 1 aromatic carbocycles. The van der Waals surface area contributed by atoms with Crippen LogP contribution in [0.5, 0.6) is 0 Å². The Labute approximate surface area is 95.5 Å². The molecule has 82 valence electrons. The van der Waals surface area contributed by atoms with Gasteiger partial charge in [0.05, 0.1) is 5.52 Å². The average Bonchev–Trinajstić information content (AvgIpc) is 2.72. The van der Waals surface area contributed by atoms with Crippen LogP contribution >= 0.6 is 0 Å². The summed E-state index contributed by atoms with van der Waals surface area (Å²) in [5.41, 5.74) is 10.8. The fourth-order valence-corrected chi connectivity index (χ4v) is 2.75. The number of rotatable bonds is 1. The van der Waals surface area contributed by atoms with Crippen molar-refractivity contribution in [1.82, 2.24) is 4.98 Å². The second-order valence-corrected chi connectivity index (χ2v) is 4.55. The van der Waals surface area contributed by atoms with Crippen LogP contribution in [0, 0.1) is 0 Å². The number of anilines is 1. The van der Waals surface area contributed by atoms with Crippen LogP contribution in [0.15, 0.2) is 24.3 Å². The van der Waals surface area contributed by atoms with Gasteiger partial charge in [-0.1, -0.05) is 25.1 Å². The Morgan fingerprint density at radius 3 is 3.00 bits per heavy atom. The lowest BCUT2D eigenvalue weighted by Crippen LogP contribution is -2.00. The molecule has 2 N–H and O–H groups in total. The predicted octanol–water partition coefficient (Wildman–Crippen LogP) is 3.26. The quantitative estimate of drug-likeness (QED) is 0.788. The van der Waals surface area contributed by atoms with E-state index in [0.29, 0.717) is 5.92 Å².